The summed E-state index contributed by atoms with van der Waals surface area (Å²) in [5, 5.41) is 34.6. The molecule has 0 radical (unpaired) electrons. The molecule has 0 saturated carbocycles. The molecule has 12 heteroatoms. The van der Waals surface area contributed by atoms with Crippen molar-refractivity contribution in [2.75, 3.05) is 6.61 Å². The molecule has 0 aliphatic heterocycles. The van der Waals surface area contributed by atoms with Gasteiger partial charge >= 0.3 is 11.9 Å². The van der Waals surface area contributed by atoms with Crippen LogP contribution in [0.15, 0.2) is 0 Å². The maximum Gasteiger partial charge on any atom is 0.326 e. The SMILES string of the molecule is CC(C)C[C@H](NC(=O)[C@H](CCC(=O)O)NC(=O)[C@H](CO)NC(=O)[C@@H](N)CC(C)C)C(=O)O. The van der Waals surface area contributed by atoms with Crippen LogP contribution in [0.1, 0.15) is 53.4 Å². The van der Waals surface area contributed by atoms with E-state index in [0.717, 1.165) is 0 Å². The Labute approximate surface area is 187 Å². The Balaban J connectivity index is 5.33. The van der Waals surface area contributed by atoms with Gasteiger partial charge in [-0.1, -0.05) is 27.7 Å². The van der Waals surface area contributed by atoms with Crippen molar-refractivity contribution >= 4 is 29.7 Å². The van der Waals surface area contributed by atoms with Gasteiger partial charge in [0, 0.05) is 6.42 Å². The molecule has 3 amide bonds. The molecule has 0 spiro atoms. The van der Waals surface area contributed by atoms with Crippen molar-refractivity contribution < 1.29 is 39.3 Å². The quantitative estimate of drug-likeness (QED) is 0.156. The summed E-state index contributed by atoms with van der Waals surface area (Å²) in [4.78, 5) is 59.6. The molecule has 0 aromatic rings. The highest BCUT2D eigenvalue weighted by Gasteiger charge is 2.30. The second kappa shape index (κ2) is 14.4. The highest BCUT2D eigenvalue weighted by molar-refractivity contribution is 5.94. The molecule has 32 heavy (non-hydrogen) atoms. The molecule has 0 heterocycles. The van der Waals surface area contributed by atoms with Gasteiger partial charge in [0.05, 0.1) is 12.6 Å². The number of amides is 3. The van der Waals surface area contributed by atoms with Crippen molar-refractivity contribution in [1.82, 2.24) is 16.0 Å². The van der Waals surface area contributed by atoms with Gasteiger partial charge in [0.15, 0.2) is 0 Å². The van der Waals surface area contributed by atoms with Gasteiger partial charge in [-0.2, -0.15) is 0 Å². The molecule has 0 unspecified atom stereocenters. The molecule has 0 aromatic carbocycles. The number of carboxylic acids is 2. The van der Waals surface area contributed by atoms with Gasteiger partial charge in [0.2, 0.25) is 17.7 Å². The zero-order chi connectivity index (χ0) is 25.0. The average molecular weight is 461 g/mol. The first-order chi connectivity index (χ1) is 14.8. The number of nitrogens with two attached hydrogens (primary N) is 1. The zero-order valence-corrected chi connectivity index (χ0v) is 19.0. The summed E-state index contributed by atoms with van der Waals surface area (Å²) < 4.78 is 0. The van der Waals surface area contributed by atoms with Crippen molar-refractivity contribution in [2.45, 2.75) is 77.5 Å². The summed E-state index contributed by atoms with van der Waals surface area (Å²) >= 11 is 0. The summed E-state index contributed by atoms with van der Waals surface area (Å²) in [6.07, 6.45) is -0.318. The van der Waals surface area contributed by atoms with Gasteiger partial charge in [-0.05, 0) is 31.1 Å². The molecule has 0 aliphatic rings. The van der Waals surface area contributed by atoms with Crippen LogP contribution in [0, 0.1) is 11.8 Å². The lowest BCUT2D eigenvalue weighted by Gasteiger charge is -2.24. The summed E-state index contributed by atoms with van der Waals surface area (Å²) in [6.45, 7) is 6.47. The molecule has 184 valence electrons. The predicted octanol–water partition coefficient (Wildman–Crippen LogP) is -1.20. The minimum atomic E-state index is -1.42. The number of nitrogens with one attached hydrogen (secondary N) is 3. The van der Waals surface area contributed by atoms with Crippen LogP contribution in [0.2, 0.25) is 0 Å². The Morgan fingerprint density at radius 1 is 0.750 bits per heavy atom. The van der Waals surface area contributed by atoms with Gasteiger partial charge in [-0.15, -0.1) is 0 Å². The Hall–Kier alpha value is -2.73. The van der Waals surface area contributed by atoms with Crippen LogP contribution in [-0.4, -0.2) is 75.8 Å². The van der Waals surface area contributed by atoms with Gasteiger partial charge in [-0.25, -0.2) is 4.79 Å². The molecule has 4 atom stereocenters. The van der Waals surface area contributed by atoms with E-state index in [1.54, 1.807) is 13.8 Å². The first kappa shape index (κ1) is 29.3. The first-order valence-corrected chi connectivity index (χ1v) is 10.5. The molecule has 0 bridgehead atoms. The number of carbonyl (C=O) groups excluding carboxylic acids is 3. The monoisotopic (exact) mass is 460 g/mol. The molecule has 0 rings (SSSR count). The first-order valence-electron chi connectivity index (χ1n) is 10.5. The zero-order valence-electron chi connectivity index (χ0n) is 19.0. The maximum absolute atomic E-state index is 12.6. The Morgan fingerprint density at radius 3 is 1.66 bits per heavy atom. The minimum absolute atomic E-state index is 0.0486. The van der Waals surface area contributed by atoms with E-state index in [0.29, 0.717) is 6.42 Å². The summed E-state index contributed by atoms with van der Waals surface area (Å²) in [5.41, 5.74) is 5.76. The summed E-state index contributed by atoms with van der Waals surface area (Å²) in [7, 11) is 0. The number of carbonyl (C=O) groups is 5. The second-order valence-electron chi connectivity index (χ2n) is 8.50. The van der Waals surface area contributed by atoms with Gasteiger partial charge in [0.25, 0.3) is 0 Å². The topological polar surface area (TPSA) is 208 Å². The molecule has 0 fully saturated rings. The number of hydrogen-bond donors (Lipinski definition) is 7. The van der Waals surface area contributed by atoms with Crippen molar-refractivity contribution in [2.24, 2.45) is 17.6 Å². The van der Waals surface area contributed by atoms with Crippen LogP contribution in [0.3, 0.4) is 0 Å². The number of rotatable bonds is 15. The Bertz CT molecular complexity index is 668. The third-order valence-corrected chi connectivity index (χ3v) is 4.48. The fraction of sp³-hybridized carbons (Fsp3) is 0.750. The fourth-order valence-corrected chi connectivity index (χ4v) is 2.86. The lowest BCUT2D eigenvalue weighted by molar-refractivity contribution is -0.143. The number of aliphatic hydroxyl groups is 1. The highest BCUT2D eigenvalue weighted by atomic mass is 16.4. The number of carboxylic acid groups (broad SMARTS) is 2. The highest BCUT2D eigenvalue weighted by Crippen LogP contribution is 2.07. The van der Waals surface area contributed by atoms with Crippen LogP contribution in [0.4, 0.5) is 0 Å². The third kappa shape index (κ3) is 11.6. The van der Waals surface area contributed by atoms with Gasteiger partial charge in [-0.3, -0.25) is 19.2 Å². The Kier molecular flexibility index (Phi) is 13.1. The van der Waals surface area contributed by atoms with E-state index >= 15 is 0 Å². The van der Waals surface area contributed by atoms with E-state index in [1.807, 2.05) is 13.8 Å². The summed E-state index contributed by atoms with van der Waals surface area (Å²) in [5.74, 6) is -4.90. The third-order valence-electron chi connectivity index (χ3n) is 4.48. The summed E-state index contributed by atoms with van der Waals surface area (Å²) in [6, 6.07) is -4.95. The van der Waals surface area contributed by atoms with E-state index in [2.05, 4.69) is 16.0 Å². The maximum atomic E-state index is 12.6. The number of aliphatic carboxylic acids is 2. The van der Waals surface area contributed by atoms with Crippen LogP contribution in [0.5, 0.6) is 0 Å². The molecule has 0 aliphatic carbocycles. The lowest BCUT2D eigenvalue weighted by atomic mass is 10.0. The fourth-order valence-electron chi connectivity index (χ4n) is 2.86. The predicted molar refractivity (Wildman–Crippen MR) is 114 cm³/mol. The van der Waals surface area contributed by atoms with Crippen molar-refractivity contribution in [3.05, 3.63) is 0 Å². The van der Waals surface area contributed by atoms with E-state index < -0.39 is 66.9 Å². The van der Waals surface area contributed by atoms with Crippen molar-refractivity contribution in [3.63, 3.8) is 0 Å². The number of aliphatic hydroxyl groups excluding tert-OH is 1. The van der Waals surface area contributed by atoms with Gasteiger partial charge < -0.3 is 37.0 Å². The average Bonchev–Trinajstić information content (AvgIpc) is 2.66. The molecular weight excluding hydrogens is 424 g/mol. The Morgan fingerprint density at radius 2 is 1.22 bits per heavy atom. The van der Waals surface area contributed by atoms with Crippen molar-refractivity contribution in [1.29, 1.82) is 0 Å². The van der Waals surface area contributed by atoms with Crippen LogP contribution in [-0.2, 0) is 24.0 Å². The smallest absolute Gasteiger partial charge is 0.326 e. The lowest BCUT2D eigenvalue weighted by Crippen LogP contribution is -2.58. The van der Waals surface area contributed by atoms with Gasteiger partial charge in [0.1, 0.15) is 18.1 Å². The molecule has 0 saturated heterocycles. The van der Waals surface area contributed by atoms with Crippen molar-refractivity contribution in [3.8, 4) is 0 Å². The number of hydrogen-bond acceptors (Lipinski definition) is 7. The molecule has 12 nitrogen and oxygen atoms in total. The van der Waals surface area contributed by atoms with Crippen LogP contribution < -0.4 is 21.7 Å². The standard InChI is InChI=1S/C20H36N4O8/c1-10(2)7-12(21)17(28)24-15(9-25)19(30)22-13(5-6-16(26)27)18(29)23-14(20(31)32)8-11(3)4/h10-15,25H,5-9,21H2,1-4H3,(H,22,30)(H,23,29)(H,24,28)(H,26,27)(H,31,32)/t12-,13-,14-,15-/m0/s1. The second-order valence-corrected chi connectivity index (χ2v) is 8.50. The largest absolute Gasteiger partial charge is 0.481 e. The van der Waals surface area contributed by atoms with E-state index in [4.69, 9.17) is 10.8 Å². The van der Waals surface area contributed by atoms with Crippen LogP contribution in [0.25, 0.3) is 0 Å². The normalized spacial score (nSPS) is 14.9. The molecule has 0 aromatic heterocycles. The van der Waals surface area contributed by atoms with E-state index in [1.165, 1.54) is 0 Å². The minimum Gasteiger partial charge on any atom is -0.481 e. The van der Waals surface area contributed by atoms with Crippen LogP contribution >= 0.6 is 0 Å². The molecule has 8 N–H and O–H groups in total. The molecular formula is C20H36N4O8. The van der Waals surface area contributed by atoms with E-state index in [-0.39, 0.29) is 24.7 Å². The van der Waals surface area contributed by atoms with E-state index in [9.17, 15) is 34.2 Å².